The fraction of sp³-hybridized carbons (Fsp3) is 0.545. The van der Waals surface area contributed by atoms with Gasteiger partial charge in [0.05, 0.1) is 0 Å². The predicted octanol–water partition coefficient (Wildman–Crippen LogP) is 2.80. The molecule has 1 unspecified atom stereocenters. The summed E-state index contributed by atoms with van der Waals surface area (Å²) in [7, 11) is 1.88. The molecule has 0 amide bonds. The Morgan fingerprint density at radius 2 is 2.38 bits per heavy atom. The Morgan fingerprint density at radius 1 is 1.54 bits per heavy atom. The number of hydrogen-bond acceptors (Lipinski definition) is 1. The molecule has 0 saturated heterocycles. The Morgan fingerprint density at radius 3 is 3.00 bits per heavy atom. The van der Waals surface area contributed by atoms with Gasteiger partial charge in [-0.1, -0.05) is 25.8 Å². The third kappa shape index (κ3) is 4.04. The summed E-state index contributed by atoms with van der Waals surface area (Å²) in [5.74, 6) is 0. The van der Waals surface area contributed by atoms with E-state index in [0.717, 1.165) is 6.42 Å². The highest BCUT2D eigenvalue weighted by Gasteiger charge is 1.93. The third-order valence-electron chi connectivity index (χ3n) is 2.25. The van der Waals surface area contributed by atoms with E-state index in [0.29, 0.717) is 6.04 Å². The minimum absolute atomic E-state index is 0.497. The van der Waals surface area contributed by atoms with E-state index in [1.165, 1.54) is 18.4 Å². The molecule has 0 aromatic carbocycles. The van der Waals surface area contributed by atoms with E-state index in [4.69, 9.17) is 0 Å². The van der Waals surface area contributed by atoms with Crippen LogP contribution in [0.1, 0.15) is 25.3 Å². The van der Waals surface area contributed by atoms with E-state index in [1.807, 2.05) is 25.5 Å². The van der Waals surface area contributed by atoms with E-state index in [1.54, 1.807) is 0 Å². The topological polar surface area (TPSA) is 27.0 Å². The van der Waals surface area contributed by atoms with Crippen LogP contribution in [0.4, 0.5) is 0 Å². The van der Waals surface area contributed by atoms with Crippen LogP contribution >= 0.6 is 0 Å². The van der Waals surface area contributed by atoms with Crippen molar-refractivity contribution in [2.75, 3.05) is 7.05 Å². The van der Waals surface area contributed by atoms with Crippen LogP contribution < -0.4 is 0 Å². The number of hydrogen-bond donors (Lipinski definition) is 0. The summed E-state index contributed by atoms with van der Waals surface area (Å²) in [6.07, 6.45) is 7.24. The van der Waals surface area contributed by atoms with E-state index < -0.39 is 0 Å². The van der Waals surface area contributed by atoms with Crippen molar-refractivity contribution in [3.05, 3.63) is 35.4 Å². The van der Waals surface area contributed by atoms with E-state index in [2.05, 4.69) is 23.3 Å². The van der Waals surface area contributed by atoms with Gasteiger partial charge in [-0.25, -0.2) is 0 Å². The molecule has 1 aromatic heterocycles. The summed E-state index contributed by atoms with van der Waals surface area (Å²) in [5.41, 5.74) is 1.32. The first kappa shape index (κ1) is 10.2. The summed E-state index contributed by atoms with van der Waals surface area (Å²) in [6.45, 7) is 2.16. The Labute approximate surface area is 80.4 Å². The second-order valence-electron chi connectivity index (χ2n) is 3.36. The fourth-order valence-corrected chi connectivity index (χ4v) is 1.28. The molecule has 1 rings (SSSR count). The van der Waals surface area contributed by atoms with Gasteiger partial charge in [0.2, 0.25) is 0 Å². The van der Waals surface area contributed by atoms with Gasteiger partial charge in [-0.3, -0.25) is 4.98 Å². The van der Waals surface area contributed by atoms with Crippen LogP contribution in [0.25, 0.3) is 5.32 Å². The van der Waals surface area contributed by atoms with Crippen molar-refractivity contribution in [2.24, 2.45) is 0 Å². The lowest BCUT2D eigenvalue weighted by Gasteiger charge is -2.22. The van der Waals surface area contributed by atoms with Gasteiger partial charge >= 0.3 is 0 Å². The molecule has 72 valence electrons. The van der Waals surface area contributed by atoms with Gasteiger partial charge < -0.3 is 5.32 Å². The Balaban J connectivity index is 2.20. The Hall–Kier alpha value is -0.890. The van der Waals surface area contributed by atoms with Crippen molar-refractivity contribution in [1.82, 2.24) is 4.98 Å². The maximum Gasteiger partial charge on any atom is 0.0299 e. The number of rotatable bonds is 5. The number of pyridine rings is 1. The number of nitrogens with zero attached hydrogens (tertiary/aromatic N) is 2. The standard InChI is InChI=1S/C11H17N2/c1-10(12-2)5-3-6-11-7-4-8-13-9-11/h4,7-10H,3,5-6H2,1-2H3/q-1. The number of aryl methyl sites for hydroxylation is 1. The van der Waals surface area contributed by atoms with E-state index in [9.17, 15) is 0 Å². The van der Waals surface area contributed by atoms with Crippen LogP contribution in [-0.4, -0.2) is 18.1 Å². The lowest BCUT2D eigenvalue weighted by molar-refractivity contribution is 0.667. The van der Waals surface area contributed by atoms with Crippen molar-refractivity contribution < 1.29 is 0 Å². The highest BCUT2D eigenvalue weighted by Crippen LogP contribution is 2.08. The molecule has 0 N–H and O–H groups in total. The zero-order valence-corrected chi connectivity index (χ0v) is 8.40. The molecule has 0 spiro atoms. The summed E-state index contributed by atoms with van der Waals surface area (Å²) in [6, 6.07) is 4.61. The molecule has 0 aliphatic carbocycles. The molecular weight excluding hydrogens is 160 g/mol. The smallest absolute Gasteiger partial charge is 0.0299 e. The van der Waals surface area contributed by atoms with Crippen molar-refractivity contribution in [2.45, 2.75) is 32.2 Å². The molecule has 0 radical (unpaired) electrons. The molecule has 0 saturated carbocycles. The van der Waals surface area contributed by atoms with Crippen molar-refractivity contribution in [3.63, 3.8) is 0 Å². The van der Waals surface area contributed by atoms with Crippen LogP contribution in [0.2, 0.25) is 0 Å². The summed E-state index contributed by atoms with van der Waals surface area (Å²) < 4.78 is 0. The molecule has 0 aliphatic rings. The van der Waals surface area contributed by atoms with Gasteiger partial charge in [0, 0.05) is 12.4 Å². The molecule has 1 heterocycles. The lowest BCUT2D eigenvalue weighted by atomic mass is 10.1. The van der Waals surface area contributed by atoms with Crippen molar-refractivity contribution >= 4 is 0 Å². The first-order valence-electron chi connectivity index (χ1n) is 4.80. The lowest BCUT2D eigenvalue weighted by Crippen LogP contribution is -1.99. The second-order valence-corrected chi connectivity index (χ2v) is 3.36. The van der Waals surface area contributed by atoms with E-state index >= 15 is 0 Å². The van der Waals surface area contributed by atoms with Gasteiger partial charge in [0.25, 0.3) is 0 Å². The van der Waals surface area contributed by atoms with Crippen molar-refractivity contribution in [1.29, 1.82) is 0 Å². The van der Waals surface area contributed by atoms with Gasteiger partial charge in [-0.15, -0.1) is 6.04 Å². The quantitative estimate of drug-likeness (QED) is 0.679. The molecule has 1 aromatic rings. The monoisotopic (exact) mass is 177 g/mol. The highest BCUT2D eigenvalue weighted by molar-refractivity contribution is 5.08. The fourth-order valence-electron chi connectivity index (χ4n) is 1.28. The number of aromatic nitrogens is 1. The zero-order chi connectivity index (χ0) is 9.52. The second kappa shape index (κ2) is 5.70. The summed E-state index contributed by atoms with van der Waals surface area (Å²) in [5, 5.41) is 4.20. The zero-order valence-electron chi connectivity index (χ0n) is 8.40. The maximum atomic E-state index is 4.20. The largest absolute Gasteiger partial charge is 0.662 e. The van der Waals surface area contributed by atoms with Crippen LogP contribution in [0.15, 0.2) is 24.5 Å². The van der Waals surface area contributed by atoms with Crippen LogP contribution in [0.3, 0.4) is 0 Å². The molecule has 1 atom stereocenters. The third-order valence-corrected chi connectivity index (χ3v) is 2.25. The predicted molar refractivity (Wildman–Crippen MR) is 55.9 cm³/mol. The highest BCUT2D eigenvalue weighted by atomic mass is 14.8. The van der Waals surface area contributed by atoms with Gasteiger partial charge in [0.15, 0.2) is 0 Å². The molecule has 0 fully saturated rings. The molecule has 13 heavy (non-hydrogen) atoms. The minimum Gasteiger partial charge on any atom is -0.662 e. The summed E-state index contributed by atoms with van der Waals surface area (Å²) in [4.78, 5) is 4.08. The van der Waals surface area contributed by atoms with Crippen LogP contribution in [0, 0.1) is 0 Å². The average Bonchev–Trinajstić information content (AvgIpc) is 2.19. The first-order valence-corrected chi connectivity index (χ1v) is 4.80. The Bertz CT molecular complexity index is 221. The maximum absolute atomic E-state index is 4.20. The molecule has 0 aliphatic heterocycles. The van der Waals surface area contributed by atoms with Gasteiger partial charge in [-0.05, 0) is 18.1 Å². The summed E-state index contributed by atoms with van der Waals surface area (Å²) >= 11 is 0. The normalized spacial score (nSPS) is 12.8. The molecular formula is C11H17N2-. The SMILES string of the molecule is C[N-]C(C)CCCc1cccnc1. The molecule has 2 heteroatoms. The molecule has 2 nitrogen and oxygen atoms in total. The minimum atomic E-state index is 0.497. The van der Waals surface area contributed by atoms with Crippen LogP contribution in [0.5, 0.6) is 0 Å². The van der Waals surface area contributed by atoms with Crippen molar-refractivity contribution in [3.8, 4) is 0 Å². The van der Waals surface area contributed by atoms with Gasteiger partial charge in [-0.2, -0.15) is 7.05 Å². The molecule has 0 bridgehead atoms. The van der Waals surface area contributed by atoms with Gasteiger partial charge in [0.1, 0.15) is 0 Å². The Kier molecular flexibility index (Phi) is 4.47. The van der Waals surface area contributed by atoms with E-state index in [-0.39, 0.29) is 0 Å². The first-order chi connectivity index (χ1) is 6.33. The average molecular weight is 177 g/mol. The van der Waals surface area contributed by atoms with Crippen LogP contribution in [-0.2, 0) is 6.42 Å².